The van der Waals surface area contributed by atoms with E-state index in [0.29, 0.717) is 17.0 Å². The number of ether oxygens (including phenoxy) is 1. The summed E-state index contributed by atoms with van der Waals surface area (Å²) in [4.78, 5) is 10.3. The molecular weight excluding hydrogens is 262 g/mol. The summed E-state index contributed by atoms with van der Waals surface area (Å²) in [6, 6.07) is 11.0. The number of aliphatic hydroxyl groups is 1. The SMILES string of the molecule is NNc1cc(Oc2ccccc2CO)cc([N+](=O)[O-])c1. The van der Waals surface area contributed by atoms with Gasteiger partial charge in [-0.3, -0.25) is 16.0 Å². The number of hydrogen-bond donors (Lipinski definition) is 3. The van der Waals surface area contributed by atoms with Gasteiger partial charge in [-0.2, -0.15) is 0 Å². The number of hydrogen-bond acceptors (Lipinski definition) is 6. The summed E-state index contributed by atoms with van der Waals surface area (Å²) in [5.74, 6) is 5.96. The molecule has 0 aliphatic carbocycles. The third-order valence-electron chi connectivity index (χ3n) is 2.64. The van der Waals surface area contributed by atoms with E-state index in [9.17, 15) is 15.2 Å². The summed E-state index contributed by atoms with van der Waals surface area (Å²) in [6.07, 6.45) is 0. The van der Waals surface area contributed by atoms with Gasteiger partial charge in [-0.05, 0) is 6.07 Å². The van der Waals surface area contributed by atoms with E-state index in [4.69, 9.17) is 10.6 Å². The molecule has 0 bridgehead atoms. The van der Waals surface area contributed by atoms with Gasteiger partial charge in [-0.25, -0.2) is 0 Å². The van der Waals surface area contributed by atoms with E-state index in [1.165, 1.54) is 18.2 Å². The number of hydrazine groups is 1. The van der Waals surface area contributed by atoms with Crippen LogP contribution in [0.25, 0.3) is 0 Å². The molecule has 0 unspecified atom stereocenters. The van der Waals surface area contributed by atoms with Crippen molar-refractivity contribution in [3.05, 3.63) is 58.1 Å². The predicted molar refractivity (Wildman–Crippen MR) is 73.3 cm³/mol. The van der Waals surface area contributed by atoms with Crippen molar-refractivity contribution in [1.29, 1.82) is 0 Å². The number of nitrogen functional groups attached to an aromatic ring is 1. The number of rotatable bonds is 5. The average molecular weight is 275 g/mol. The van der Waals surface area contributed by atoms with Crippen molar-refractivity contribution in [3.63, 3.8) is 0 Å². The highest BCUT2D eigenvalue weighted by Gasteiger charge is 2.12. The maximum Gasteiger partial charge on any atom is 0.275 e. The van der Waals surface area contributed by atoms with Gasteiger partial charge in [-0.15, -0.1) is 0 Å². The summed E-state index contributed by atoms with van der Waals surface area (Å²) in [5, 5.41) is 20.1. The third kappa shape index (κ3) is 3.02. The summed E-state index contributed by atoms with van der Waals surface area (Å²) >= 11 is 0. The number of nitro benzene ring substituents is 1. The Morgan fingerprint density at radius 1 is 1.30 bits per heavy atom. The minimum absolute atomic E-state index is 0.142. The minimum Gasteiger partial charge on any atom is -0.457 e. The van der Waals surface area contributed by atoms with Crippen LogP contribution in [0.4, 0.5) is 11.4 Å². The molecule has 0 saturated heterocycles. The van der Waals surface area contributed by atoms with Crippen LogP contribution in [0.5, 0.6) is 11.5 Å². The second-order valence-electron chi connectivity index (χ2n) is 3.98. The van der Waals surface area contributed by atoms with Crippen molar-refractivity contribution in [2.24, 2.45) is 5.84 Å². The molecule has 0 saturated carbocycles. The molecule has 0 amide bonds. The van der Waals surface area contributed by atoms with Gasteiger partial charge in [0.05, 0.1) is 23.3 Å². The van der Waals surface area contributed by atoms with E-state index < -0.39 is 4.92 Å². The van der Waals surface area contributed by atoms with Crippen LogP contribution in [-0.4, -0.2) is 10.0 Å². The Bertz CT molecular complexity index is 631. The molecule has 2 rings (SSSR count). The van der Waals surface area contributed by atoms with E-state index in [1.807, 2.05) is 0 Å². The lowest BCUT2D eigenvalue weighted by molar-refractivity contribution is -0.384. The Balaban J connectivity index is 2.37. The smallest absolute Gasteiger partial charge is 0.275 e. The fourth-order valence-corrected chi connectivity index (χ4v) is 1.69. The molecule has 7 heteroatoms. The normalized spacial score (nSPS) is 10.1. The fraction of sp³-hybridized carbons (Fsp3) is 0.0769. The van der Waals surface area contributed by atoms with Gasteiger partial charge in [0.15, 0.2) is 0 Å². The van der Waals surface area contributed by atoms with E-state index in [1.54, 1.807) is 24.3 Å². The molecule has 104 valence electrons. The zero-order valence-electron chi connectivity index (χ0n) is 10.4. The molecule has 0 fully saturated rings. The molecule has 0 aliphatic rings. The van der Waals surface area contributed by atoms with Crippen LogP contribution >= 0.6 is 0 Å². The van der Waals surface area contributed by atoms with E-state index >= 15 is 0 Å². The van der Waals surface area contributed by atoms with E-state index in [2.05, 4.69) is 5.43 Å². The minimum atomic E-state index is -0.536. The first-order chi connectivity index (χ1) is 9.63. The lowest BCUT2D eigenvalue weighted by Crippen LogP contribution is -2.07. The van der Waals surface area contributed by atoms with Crippen LogP contribution < -0.4 is 16.0 Å². The van der Waals surface area contributed by atoms with Crippen molar-refractivity contribution in [3.8, 4) is 11.5 Å². The average Bonchev–Trinajstić information content (AvgIpc) is 2.47. The highest BCUT2D eigenvalue weighted by molar-refractivity contribution is 5.56. The third-order valence-corrected chi connectivity index (χ3v) is 2.64. The maximum absolute atomic E-state index is 10.8. The summed E-state index contributed by atoms with van der Waals surface area (Å²) in [5.41, 5.74) is 3.14. The van der Waals surface area contributed by atoms with E-state index in [0.717, 1.165) is 0 Å². The number of nitrogens with one attached hydrogen (secondary N) is 1. The molecule has 20 heavy (non-hydrogen) atoms. The number of aliphatic hydroxyl groups excluding tert-OH is 1. The van der Waals surface area contributed by atoms with Gasteiger partial charge in [0.1, 0.15) is 11.5 Å². The van der Waals surface area contributed by atoms with Gasteiger partial charge >= 0.3 is 0 Å². The van der Waals surface area contributed by atoms with Crippen LogP contribution in [0, 0.1) is 10.1 Å². The number of nitrogens with two attached hydrogens (primary N) is 1. The number of non-ortho nitro benzene ring substituents is 1. The lowest BCUT2D eigenvalue weighted by atomic mass is 10.2. The Kier molecular flexibility index (Phi) is 4.14. The first-order valence-electron chi connectivity index (χ1n) is 5.76. The van der Waals surface area contributed by atoms with Crippen LogP contribution in [0.15, 0.2) is 42.5 Å². The quantitative estimate of drug-likeness (QED) is 0.438. The molecular formula is C13H13N3O4. The molecule has 0 heterocycles. The van der Waals surface area contributed by atoms with Crippen LogP contribution in [0.1, 0.15) is 5.56 Å². The number of nitro groups is 1. The van der Waals surface area contributed by atoms with Crippen molar-refractivity contribution >= 4 is 11.4 Å². The molecule has 7 nitrogen and oxygen atoms in total. The molecule has 0 atom stereocenters. The van der Waals surface area contributed by atoms with Crippen molar-refractivity contribution in [1.82, 2.24) is 0 Å². The standard InChI is InChI=1S/C13H13N3O4/c14-15-10-5-11(16(18)19)7-12(6-10)20-13-4-2-1-3-9(13)8-17/h1-7,15,17H,8,14H2. The van der Waals surface area contributed by atoms with E-state index in [-0.39, 0.29) is 18.0 Å². The maximum atomic E-state index is 10.8. The number of para-hydroxylation sites is 1. The highest BCUT2D eigenvalue weighted by atomic mass is 16.6. The Hall–Kier alpha value is -2.64. The largest absolute Gasteiger partial charge is 0.457 e. The van der Waals surface area contributed by atoms with Crippen molar-refractivity contribution in [2.45, 2.75) is 6.61 Å². The molecule has 2 aromatic rings. The topological polar surface area (TPSA) is 111 Å². The van der Waals surface area contributed by atoms with Gasteiger partial charge in [-0.1, -0.05) is 18.2 Å². The monoisotopic (exact) mass is 275 g/mol. The van der Waals surface area contributed by atoms with Gasteiger partial charge in [0, 0.05) is 17.7 Å². The predicted octanol–water partition coefficient (Wildman–Crippen LogP) is 2.17. The molecule has 0 aromatic heterocycles. The molecule has 0 radical (unpaired) electrons. The molecule has 4 N–H and O–H groups in total. The number of benzene rings is 2. The van der Waals surface area contributed by atoms with Gasteiger partial charge < -0.3 is 15.3 Å². The number of nitrogens with zero attached hydrogens (tertiary/aromatic N) is 1. The summed E-state index contributed by atoms with van der Waals surface area (Å²) in [7, 11) is 0. The van der Waals surface area contributed by atoms with Crippen molar-refractivity contribution in [2.75, 3.05) is 5.43 Å². The lowest BCUT2D eigenvalue weighted by Gasteiger charge is -2.10. The van der Waals surface area contributed by atoms with Gasteiger partial charge in [0.25, 0.3) is 5.69 Å². The summed E-state index contributed by atoms with van der Waals surface area (Å²) in [6.45, 7) is -0.187. The zero-order chi connectivity index (χ0) is 14.5. The summed E-state index contributed by atoms with van der Waals surface area (Å²) < 4.78 is 5.57. The number of anilines is 1. The fourth-order valence-electron chi connectivity index (χ4n) is 1.69. The van der Waals surface area contributed by atoms with Gasteiger partial charge in [0.2, 0.25) is 0 Å². The zero-order valence-corrected chi connectivity index (χ0v) is 10.4. The first-order valence-corrected chi connectivity index (χ1v) is 5.76. The Morgan fingerprint density at radius 2 is 2.05 bits per heavy atom. The van der Waals surface area contributed by atoms with Crippen LogP contribution in [0.3, 0.4) is 0 Å². The Morgan fingerprint density at radius 3 is 2.70 bits per heavy atom. The first kappa shape index (κ1) is 13.8. The van der Waals surface area contributed by atoms with Crippen LogP contribution in [0.2, 0.25) is 0 Å². The van der Waals surface area contributed by atoms with Crippen molar-refractivity contribution < 1.29 is 14.8 Å². The molecule has 2 aromatic carbocycles. The van der Waals surface area contributed by atoms with Crippen LogP contribution in [-0.2, 0) is 6.61 Å². The molecule has 0 spiro atoms. The molecule has 0 aliphatic heterocycles. The highest BCUT2D eigenvalue weighted by Crippen LogP contribution is 2.30. The second-order valence-corrected chi connectivity index (χ2v) is 3.98. The second kappa shape index (κ2) is 6.00. The Labute approximate surface area is 114 Å².